The molecule has 0 bridgehead atoms. The highest BCUT2D eigenvalue weighted by atomic mass is 16.5. The van der Waals surface area contributed by atoms with Crippen LogP contribution in [0.4, 0.5) is 0 Å². The first-order valence-corrected chi connectivity index (χ1v) is 7.46. The van der Waals surface area contributed by atoms with Crippen molar-refractivity contribution >= 4 is 0 Å². The van der Waals surface area contributed by atoms with Crippen molar-refractivity contribution in [2.75, 3.05) is 40.0 Å². The van der Waals surface area contributed by atoms with E-state index in [1.807, 2.05) is 18.2 Å². The number of piperidine rings is 1. The van der Waals surface area contributed by atoms with Crippen LogP contribution < -0.4 is 9.47 Å². The van der Waals surface area contributed by atoms with Crippen molar-refractivity contribution in [3.8, 4) is 23.3 Å². The number of methoxy groups -OCH3 is 1. The summed E-state index contributed by atoms with van der Waals surface area (Å²) in [6.45, 7) is 3.77. The molecule has 0 atom stereocenters. The Hall–Kier alpha value is -1.70. The van der Waals surface area contributed by atoms with E-state index >= 15 is 0 Å². The predicted octanol–water partition coefficient (Wildman–Crippen LogP) is 1.90. The van der Waals surface area contributed by atoms with Crippen LogP contribution in [0.2, 0.25) is 0 Å². The Morgan fingerprint density at radius 1 is 1.24 bits per heavy atom. The van der Waals surface area contributed by atoms with Crippen LogP contribution in [0.3, 0.4) is 0 Å². The lowest BCUT2D eigenvalue weighted by Crippen LogP contribution is -2.33. The first-order valence-electron chi connectivity index (χ1n) is 7.46. The minimum atomic E-state index is -0.162. The van der Waals surface area contributed by atoms with E-state index in [9.17, 15) is 0 Å². The second kappa shape index (κ2) is 8.56. The largest absolute Gasteiger partial charge is 0.497 e. The Morgan fingerprint density at radius 3 is 2.76 bits per heavy atom. The van der Waals surface area contributed by atoms with Gasteiger partial charge >= 0.3 is 0 Å². The van der Waals surface area contributed by atoms with Crippen molar-refractivity contribution in [2.24, 2.45) is 0 Å². The molecule has 1 aliphatic heterocycles. The fraction of sp³-hybridized carbons (Fsp3) is 0.529. The molecule has 1 fully saturated rings. The summed E-state index contributed by atoms with van der Waals surface area (Å²) in [5, 5.41) is 8.84. The normalized spacial score (nSPS) is 15.1. The second-order valence-electron chi connectivity index (χ2n) is 5.07. The molecule has 1 N–H and O–H groups in total. The van der Waals surface area contributed by atoms with Gasteiger partial charge in [0, 0.05) is 6.54 Å². The van der Waals surface area contributed by atoms with Crippen molar-refractivity contribution in [2.45, 2.75) is 19.3 Å². The van der Waals surface area contributed by atoms with Gasteiger partial charge in [0.25, 0.3) is 0 Å². The highest BCUT2D eigenvalue weighted by Crippen LogP contribution is 2.23. The van der Waals surface area contributed by atoms with Gasteiger partial charge in [0.1, 0.15) is 24.7 Å². The fourth-order valence-corrected chi connectivity index (χ4v) is 2.46. The summed E-state index contributed by atoms with van der Waals surface area (Å²) < 4.78 is 11.1. The third-order valence-corrected chi connectivity index (χ3v) is 3.60. The van der Waals surface area contributed by atoms with Crippen molar-refractivity contribution in [1.29, 1.82) is 0 Å². The molecule has 0 amide bonds. The van der Waals surface area contributed by atoms with Gasteiger partial charge in [-0.25, -0.2) is 0 Å². The number of hydrogen-bond acceptors (Lipinski definition) is 4. The molecule has 0 aromatic heterocycles. The molecular formula is C17H23NO3. The summed E-state index contributed by atoms with van der Waals surface area (Å²) in [4.78, 5) is 2.44. The zero-order valence-electron chi connectivity index (χ0n) is 12.6. The number of rotatable bonds is 5. The number of ether oxygens (including phenoxy) is 2. The standard InChI is InChI=1S/C17H23NO3/c1-20-16-7-8-17(15(14-16)6-5-12-19)21-13-11-18-9-3-2-4-10-18/h7-8,14,19H,2-4,9-13H2,1H3. The van der Waals surface area contributed by atoms with Crippen LogP contribution in [0, 0.1) is 11.8 Å². The first kappa shape index (κ1) is 15.7. The molecule has 0 spiro atoms. The number of hydrogen-bond donors (Lipinski definition) is 1. The maximum absolute atomic E-state index is 8.84. The molecule has 0 radical (unpaired) electrons. The highest BCUT2D eigenvalue weighted by molar-refractivity contribution is 5.50. The summed E-state index contributed by atoms with van der Waals surface area (Å²) in [6.07, 6.45) is 3.92. The van der Waals surface area contributed by atoms with Crippen molar-refractivity contribution in [3.05, 3.63) is 23.8 Å². The van der Waals surface area contributed by atoms with Crippen LogP contribution in [0.15, 0.2) is 18.2 Å². The van der Waals surface area contributed by atoms with E-state index in [4.69, 9.17) is 14.6 Å². The van der Waals surface area contributed by atoms with Gasteiger partial charge in [-0.15, -0.1) is 0 Å². The van der Waals surface area contributed by atoms with Crippen LogP contribution in [0.1, 0.15) is 24.8 Å². The molecule has 1 aromatic carbocycles. The van der Waals surface area contributed by atoms with Gasteiger partial charge in [0.15, 0.2) is 0 Å². The Labute approximate surface area is 126 Å². The quantitative estimate of drug-likeness (QED) is 0.841. The molecule has 114 valence electrons. The van der Waals surface area contributed by atoms with Crippen molar-refractivity contribution in [1.82, 2.24) is 4.90 Å². The minimum absolute atomic E-state index is 0.162. The number of likely N-dealkylation sites (tertiary alicyclic amines) is 1. The number of nitrogens with zero attached hydrogens (tertiary/aromatic N) is 1. The number of aliphatic hydroxyl groups is 1. The van der Waals surface area contributed by atoms with E-state index < -0.39 is 0 Å². The Morgan fingerprint density at radius 2 is 2.05 bits per heavy atom. The Bertz CT molecular complexity index is 498. The molecule has 2 rings (SSSR count). The second-order valence-corrected chi connectivity index (χ2v) is 5.07. The molecule has 4 nitrogen and oxygen atoms in total. The zero-order valence-corrected chi connectivity index (χ0v) is 12.6. The molecule has 1 heterocycles. The molecule has 0 aliphatic carbocycles. The van der Waals surface area contributed by atoms with Gasteiger partial charge in [-0.1, -0.05) is 18.3 Å². The van der Waals surface area contributed by atoms with Gasteiger partial charge in [0.05, 0.1) is 12.7 Å². The third-order valence-electron chi connectivity index (χ3n) is 3.60. The minimum Gasteiger partial charge on any atom is -0.497 e. The van der Waals surface area contributed by atoms with Gasteiger partial charge < -0.3 is 14.6 Å². The SMILES string of the molecule is COc1ccc(OCCN2CCCCC2)c(C#CCO)c1. The Balaban J connectivity index is 1.94. The predicted molar refractivity (Wildman–Crippen MR) is 82.7 cm³/mol. The maximum Gasteiger partial charge on any atom is 0.135 e. The summed E-state index contributed by atoms with van der Waals surface area (Å²) in [7, 11) is 1.62. The molecule has 0 unspecified atom stereocenters. The molecule has 0 saturated carbocycles. The molecule has 1 aromatic rings. The monoisotopic (exact) mass is 289 g/mol. The van der Waals surface area contributed by atoms with Gasteiger partial charge in [-0.2, -0.15) is 0 Å². The van der Waals surface area contributed by atoms with Crippen LogP contribution in [-0.4, -0.2) is 50.0 Å². The summed E-state index contributed by atoms with van der Waals surface area (Å²) in [6, 6.07) is 5.57. The summed E-state index contributed by atoms with van der Waals surface area (Å²) >= 11 is 0. The lowest BCUT2D eigenvalue weighted by molar-refractivity contribution is 0.183. The average Bonchev–Trinajstić information content (AvgIpc) is 2.54. The van der Waals surface area contributed by atoms with Crippen molar-refractivity contribution < 1.29 is 14.6 Å². The third kappa shape index (κ3) is 4.96. The van der Waals surface area contributed by atoms with Crippen LogP contribution in [0.5, 0.6) is 11.5 Å². The van der Waals surface area contributed by atoms with Crippen LogP contribution in [-0.2, 0) is 0 Å². The van der Waals surface area contributed by atoms with Gasteiger partial charge in [-0.3, -0.25) is 4.90 Å². The summed E-state index contributed by atoms with van der Waals surface area (Å²) in [5.41, 5.74) is 0.752. The smallest absolute Gasteiger partial charge is 0.135 e. The van der Waals surface area contributed by atoms with E-state index in [1.165, 1.54) is 32.4 Å². The Kier molecular flexibility index (Phi) is 6.39. The van der Waals surface area contributed by atoms with Crippen LogP contribution in [0.25, 0.3) is 0 Å². The molecule has 21 heavy (non-hydrogen) atoms. The van der Waals surface area contributed by atoms with Gasteiger partial charge in [0.2, 0.25) is 0 Å². The molecule has 1 saturated heterocycles. The molecular weight excluding hydrogens is 266 g/mol. The maximum atomic E-state index is 8.84. The topological polar surface area (TPSA) is 41.9 Å². The zero-order chi connectivity index (χ0) is 14.9. The van der Waals surface area contributed by atoms with Crippen molar-refractivity contribution in [3.63, 3.8) is 0 Å². The lowest BCUT2D eigenvalue weighted by atomic mass is 10.1. The average molecular weight is 289 g/mol. The number of benzene rings is 1. The van der Waals surface area contributed by atoms with E-state index in [0.29, 0.717) is 6.61 Å². The van der Waals surface area contributed by atoms with Crippen LogP contribution >= 0.6 is 0 Å². The van der Waals surface area contributed by atoms with E-state index in [1.54, 1.807) is 7.11 Å². The van der Waals surface area contributed by atoms with E-state index in [-0.39, 0.29) is 6.61 Å². The number of aliphatic hydroxyl groups excluding tert-OH is 1. The highest BCUT2D eigenvalue weighted by Gasteiger charge is 2.10. The van der Waals surface area contributed by atoms with E-state index in [0.717, 1.165) is 23.6 Å². The summed E-state index contributed by atoms with van der Waals surface area (Å²) in [5.74, 6) is 7.04. The van der Waals surface area contributed by atoms with Gasteiger partial charge in [-0.05, 0) is 44.1 Å². The van der Waals surface area contributed by atoms with E-state index in [2.05, 4.69) is 16.7 Å². The first-order chi connectivity index (χ1) is 10.3. The fourth-order valence-electron chi connectivity index (χ4n) is 2.46. The molecule has 1 aliphatic rings. The lowest BCUT2D eigenvalue weighted by Gasteiger charge is -2.26. The molecule has 4 heteroatoms.